The molecule has 0 aliphatic carbocycles. The quantitative estimate of drug-likeness (QED) is 0.561. The number of amides is 1. The second-order valence-electron chi connectivity index (χ2n) is 5.12. The summed E-state index contributed by atoms with van der Waals surface area (Å²) in [5.74, 6) is 5.50. The number of hydrogen-bond donors (Lipinski definition) is 3. The van der Waals surface area contributed by atoms with Crippen LogP contribution in [0.1, 0.15) is 26.3 Å². The number of nitrogens with one attached hydrogen (secondary N) is 2. The lowest BCUT2D eigenvalue weighted by Gasteiger charge is -2.19. The summed E-state index contributed by atoms with van der Waals surface area (Å²) in [5, 5.41) is 10.3. The van der Waals surface area contributed by atoms with Gasteiger partial charge in [0.25, 0.3) is 0 Å². The van der Waals surface area contributed by atoms with E-state index in [1.54, 1.807) is 33.0 Å². The van der Waals surface area contributed by atoms with E-state index in [1.807, 2.05) is 0 Å². The molecule has 0 radical (unpaired) electrons. The van der Waals surface area contributed by atoms with Crippen LogP contribution in [0.25, 0.3) is 0 Å². The summed E-state index contributed by atoms with van der Waals surface area (Å²) >= 11 is 3.26. The first-order valence-electron chi connectivity index (χ1n) is 6.14. The summed E-state index contributed by atoms with van der Waals surface area (Å²) in [6.07, 6.45) is 0.996. The topological polar surface area (TPSA) is 101 Å². The highest BCUT2D eigenvalue weighted by atomic mass is 79.9. The van der Waals surface area contributed by atoms with Crippen LogP contribution in [0.4, 0.5) is 10.6 Å². The summed E-state index contributed by atoms with van der Waals surface area (Å²) in [4.78, 5) is 15.3. The van der Waals surface area contributed by atoms with Crippen molar-refractivity contribution in [2.45, 2.75) is 26.4 Å². The van der Waals surface area contributed by atoms with Crippen molar-refractivity contribution in [1.82, 2.24) is 10.3 Å². The smallest absolute Gasteiger partial charge is 0.408 e. The van der Waals surface area contributed by atoms with Crippen LogP contribution >= 0.6 is 15.9 Å². The number of anilines is 1. The highest BCUT2D eigenvalue weighted by Crippen LogP contribution is 2.15. The fourth-order valence-corrected chi connectivity index (χ4v) is 1.61. The number of carbonyl (C=O) groups is 1. The van der Waals surface area contributed by atoms with E-state index in [-0.39, 0.29) is 18.1 Å². The second-order valence-corrected chi connectivity index (χ2v) is 6.03. The Bertz CT molecular complexity index is 612. The van der Waals surface area contributed by atoms with Gasteiger partial charge in [0.15, 0.2) is 0 Å². The Kier molecular flexibility index (Phi) is 5.73. The normalized spacial score (nSPS) is 10.3. The Morgan fingerprint density at radius 2 is 2.24 bits per heavy atom. The maximum atomic E-state index is 11.4. The Morgan fingerprint density at radius 3 is 2.86 bits per heavy atom. The Balaban J connectivity index is 2.57. The monoisotopic (exact) mass is 352 g/mol. The van der Waals surface area contributed by atoms with Crippen LogP contribution in [0, 0.1) is 17.3 Å². The average molecular weight is 353 g/mol. The van der Waals surface area contributed by atoms with Crippen molar-refractivity contribution in [2.75, 3.05) is 12.3 Å². The van der Waals surface area contributed by atoms with Crippen LogP contribution in [-0.2, 0) is 4.74 Å². The molecule has 1 amide bonds. The number of nitrogens with two attached hydrogens (primary N) is 1. The van der Waals surface area contributed by atoms with Gasteiger partial charge in [-0.15, -0.1) is 0 Å². The molecule has 1 aromatic heterocycles. The first-order valence-corrected chi connectivity index (χ1v) is 6.94. The Morgan fingerprint density at radius 1 is 1.57 bits per heavy atom. The van der Waals surface area contributed by atoms with E-state index in [1.165, 1.54) is 0 Å². The number of aromatic nitrogens is 1. The molecule has 0 atom stereocenters. The lowest BCUT2D eigenvalue weighted by atomic mass is 10.1. The minimum absolute atomic E-state index is 0.0345. The van der Waals surface area contributed by atoms with Gasteiger partial charge in [0.2, 0.25) is 0 Å². The van der Waals surface area contributed by atoms with Gasteiger partial charge in [-0.2, -0.15) is 0 Å². The molecular formula is C14H17BrN4O2. The fourth-order valence-electron chi connectivity index (χ4n) is 1.28. The maximum absolute atomic E-state index is 11.4. The number of nitrogens with zero attached hydrogens (tertiary/aromatic N) is 1. The van der Waals surface area contributed by atoms with Gasteiger partial charge >= 0.3 is 6.09 Å². The van der Waals surface area contributed by atoms with E-state index in [0.717, 1.165) is 0 Å². The van der Waals surface area contributed by atoms with Crippen molar-refractivity contribution in [3.63, 3.8) is 0 Å². The maximum Gasteiger partial charge on any atom is 0.408 e. The number of rotatable bonds is 2. The molecule has 0 aromatic carbocycles. The molecule has 7 heteroatoms. The van der Waals surface area contributed by atoms with Crippen molar-refractivity contribution >= 4 is 33.6 Å². The van der Waals surface area contributed by atoms with Gasteiger partial charge in [0, 0.05) is 10.7 Å². The fraction of sp³-hybridized carbons (Fsp3) is 0.357. The van der Waals surface area contributed by atoms with Crippen LogP contribution in [-0.4, -0.2) is 28.9 Å². The molecule has 0 aliphatic heterocycles. The van der Waals surface area contributed by atoms with Crippen molar-refractivity contribution in [1.29, 1.82) is 5.41 Å². The van der Waals surface area contributed by atoms with E-state index < -0.39 is 11.7 Å². The molecule has 0 saturated carbocycles. The summed E-state index contributed by atoms with van der Waals surface area (Å²) in [7, 11) is 0. The van der Waals surface area contributed by atoms with Crippen LogP contribution in [0.5, 0.6) is 0 Å². The van der Waals surface area contributed by atoms with Gasteiger partial charge < -0.3 is 15.8 Å². The van der Waals surface area contributed by atoms with Gasteiger partial charge in [0.1, 0.15) is 17.1 Å². The highest BCUT2D eigenvalue weighted by Gasteiger charge is 2.15. The minimum atomic E-state index is -0.555. The molecule has 0 fully saturated rings. The largest absolute Gasteiger partial charge is 0.444 e. The molecule has 0 unspecified atom stereocenters. The van der Waals surface area contributed by atoms with E-state index in [4.69, 9.17) is 15.9 Å². The third kappa shape index (κ3) is 6.27. The number of ether oxygens (including phenoxy) is 1. The molecule has 0 aliphatic rings. The average Bonchev–Trinajstić information content (AvgIpc) is 2.35. The minimum Gasteiger partial charge on any atom is -0.444 e. The molecule has 1 rings (SSSR count). The van der Waals surface area contributed by atoms with E-state index >= 15 is 0 Å². The van der Waals surface area contributed by atoms with Crippen molar-refractivity contribution in [2.24, 2.45) is 0 Å². The summed E-state index contributed by atoms with van der Waals surface area (Å²) < 4.78 is 5.77. The molecule has 21 heavy (non-hydrogen) atoms. The molecule has 0 bridgehead atoms. The van der Waals surface area contributed by atoms with E-state index in [9.17, 15) is 4.79 Å². The number of carbonyl (C=O) groups excluding carboxylic acids is 1. The predicted molar refractivity (Wildman–Crippen MR) is 85.2 cm³/mol. The van der Waals surface area contributed by atoms with Crippen LogP contribution in [0.3, 0.4) is 0 Å². The Labute approximate surface area is 132 Å². The highest BCUT2D eigenvalue weighted by molar-refractivity contribution is 9.10. The molecule has 112 valence electrons. The number of halogens is 1. The molecular weight excluding hydrogens is 336 g/mol. The zero-order valence-corrected chi connectivity index (χ0v) is 13.7. The summed E-state index contributed by atoms with van der Waals surface area (Å²) in [5.41, 5.74) is 5.60. The van der Waals surface area contributed by atoms with Crippen molar-refractivity contribution in [3.05, 3.63) is 22.3 Å². The lowest BCUT2D eigenvalue weighted by molar-refractivity contribution is 0.0535. The lowest BCUT2D eigenvalue weighted by Crippen LogP contribution is -2.32. The van der Waals surface area contributed by atoms with Crippen LogP contribution in [0.15, 0.2) is 16.7 Å². The van der Waals surface area contributed by atoms with Gasteiger partial charge in [-0.3, -0.25) is 5.41 Å². The van der Waals surface area contributed by atoms with Crippen molar-refractivity contribution in [3.8, 4) is 11.8 Å². The number of nitrogen functional groups attached to an aromatic ring is 1. The number of alkyl carbamates (subject to hydrolysis) is 1. The number of pyridine rings is 1. The first kappa shape index (κ1) is 17.0. The zero-order chi connectivity index (χ0) is 16.0. The van der Waals surface area contributed by atoms with Gasteiger partial charge in [-0.05, 0) is 48.7 Å². The molecule has 1 aromatic rings. The van der Waals surface area contributed by atoms with E-state index in [0.29, 0.717) is 10.0 Å². The SMILES string of the molecule is CC(C)(C)OC(=O)NCC#CC(=N)c1cc(Br)cnc1N. The van der Waals surface area contributed by atoms with Gasteiger partial charge in [0.05, 0.1) is 12.1 Å². The molecule has 0 saturated heterocycles. The Hall–Kier alpha value is -2.07. The van der Waals surface area contributed by atoms with Gasteiger partial charge in [-0.1, -0.05) is 5.92 Å². The number of hydrogen-bond acceptors (Lipinski definition) is 5. The van der Waals surface area contributed by atoms with Crippen LogP contribution < -0.4 is 11.1 Å². The second kappa shape index (κ2) is 7.09. The predicted octanol–water partition coefficient (Wildman–Crippen LogP) is 2.32. The van der Waals surface area contributed by atoms with Gasteiger partial charge in [-0.25, -0.2) is 9.78 Å². The molecule has 1 heterocycles. The summed E-state index contributed by atoms with van der Waals surface area (Å²) in [6, 6.07) is 1.67. The third-order valence-corrected chi connectivity index (χ3v) is 2.52. The first-order chi connectivity index (χ1) is 9.69. The third-order valence-electron chi connectivity index (χ3n) is 2.09. The molecule has 4 N–H and O–H groups in total. The standard InChI is InChI=1S/C14H17BrN4O2/c1-14(2,3)21-13(20)18-6-4-5-11(16)10-7-9(15)8-19-12(10)17/h7-8,16H,6H2,1-3H3,(H2,17,19)(H,18,20). The molecule has 6 nitrogen and oxygen atoms in total. The molecule has 0 spiro atoms. The van der Waals surface area contributed by atoms with Crippen LogP contribution in [0.2, 0.25) is 0 Å². The van der Waals surface area contributed by atoms with Crippen molar-refractivity contribution < 1.29 is 9.53 Å². The zero-order valence-electron chi connectivity index (χ0n) is 12.1. The van der Waals surface area contributed by atoms with E-state index in [2.05, 4.69) is 38.1 Å². The summed E-state index contributed by atoms with van der Waals surface area (Å²) in [6.45, 7) is 5.41.